The highest BCUT2D eigenvalue weighted by molar-refractivity contribution is 6.00. The van der Waals surface area contributed by atoms with Crippen molar-refractivity contribution in [1.82, 2.24) is 5.32 Å². The number of ketones is 1. The lowest BCUT2D eigenvalue weighted by atomic mass is 9.71. The van der Waals surface area contributed by atoms with E-state index in [2.05, 4.69) is 11.9 Å². The van der Waals surface area contributed by atoms with Gasteiger partial charge in [-0.25, -0.2) is 0 Å². The molecule has 0 fully saturated rings. The molecule has 0 amide bonds. The van der Waals surface area contributed by atoms with Gasteiger partial charge in [0, 0.05) is 29.3 Å². The van der Waals surface area contributed by atoms with Gasteiger partial charge in [0.05, 0.1) is 20.8 Å². The van der Waals surface area contributed by atoms with Crippen molar-refractivity contribution in [2.45, 2.75) is 32.1 Å². The van der Waals surface area contributed by atoms with Crippen molar-refractivity contribution in [1.29, 1.82) is 0 Å². The SMILES string of the molecule is C=C1NC2=C(C(=O)CCC2)C(c2ccc(OC)c(OC)c2)C1C(=O)OCC. The first-order valence-corrected chi connectivity index (χ1v) is 9.12. The Bertz CT molecular complexity index is 811. The van der Waals surface area contributed by atoms with E-state index in [1.807, 2.05) is 12.1 Å². The number of ether oxygens (including phenoxy) is 3. The van der Waals surface area contributed by atoms with E-state index < -0.39 is 11.8 Å². The molecule has 0 aromatic heterocycles. The maximum atomic E-state index is 12.8. The minimum atomic E-state index is -0.677. The van der Waals surface area contributed by atoms with Crippen LogP contribution in [-0.2, 0) is 14.3 Å². The summed E-state index contributed by atoms with van der Waals surface area (Å²) in [5.74, 6) is -0.327. The Labute approximate surface area is 159 Å². The zero-order chi connectivity index (χ0) is 19.6. The van der Waals surface area contributed by atoms with Crippen LogP contribution in [-0.4, -0.2) is 32.6 Å². The molecule has 1 aromatic carbocycles. The van der Waals surface area contributed by atoms with E-state index in [0.717, 1.165) is 24.1 Å². The van der Waals surface area contributed by atoms with Crippen LogP contribution in [0.5, 0.6) is 11.5 Å². The van der Waals surface area contributed by atoms with Gasteiger partial charge in [0.2, 0.25) is 0 Å². The second kappa shape index (κ2) is 7.86. The summed E-state index contributed by atoms with van der Waals surface area (Å²) >= 11 is 0. The second-order valence-electron chi connectivity index (χ2n) is 6.64. The standard InChI is InChI=1S/C21H25NO5/c1-5-27-21(24)18-12(2)22-14-7-6-8-15(23)20(14)19(18)13-9-10-16(25-3)17(11-13)26-4/h9-11,18-19,22H,2,5-8H2,1,3-4H3. The summed E-state index contributed by atoms with van der Waals surface area (Å²) in [5, 5.41) is 3.20. The minimum Gasteiger partial charge on any atom is -0.493 e. The van der Waals surface area contributed by atoms with Crippen molar-refractivity contribution >= 4 is 11.8 Å². The average Bonchev–Trinajstić information content (AvgIpc) is 2.66. The Balaban J connectivity index is 2.16. The molecule has 0 saturated carbocycles. The van der Waals surface area contributed by atoms with Gasteiger partial charge in [-0.3, -0.25) is 9.59 Å². The van der Waals surface area contributed by atoms with E-state index in [9.17, 15) is 9.59 Å². The molecule has 0 spiro atoms. The van der Waals surface area contributed by atoms with Gasteiger partial charge in [0.25, 0.3) is 0 Å². The lowest BCUT2D eigenvalue weighted by molar-refractivity contribution is -0.147. The minimum absolute atomic E-state index is 0.0605. The number of carbonyl (C=O) groups excluding carboxylic acids is 2. The zero-order valence-corrected chi connectivity index (χ0v) is 16.0. The molecule has 3 rings (SSSR count). The Hall–Kier alpha value is -2.76. The number of esters is 1. The molecule has 27 heavy (non-hydrogen) atoms. The van der Waals surface area contributed by atoms with Crippen LogP contribution in [0.4, 0.5) is 0 Å². The van der Waals surface area contributed by atoms with Crippen LogP contribution in [0.25, 0.3) is 0 Å². The molecule has 0 bridgehead atoms. The molecule has 0 saturated heterocycles. The molecule has 144 valence electrons. The molecule has 1 heterocycles. The summed E-state index contributed by atoms with van der Waals surface area (Å²) in [6.45, 7) is 6.08. The lowest BCUT2D eigenvalue weighted by Gasteiger charge is -2.38. The van der Waals surface area contributed by atoms with Crippen LogP contribution < -0.4 is 14.8 Å². The van der Waals surface area contributed by atoms with Crippen molar-refractivity contribution < 1.29 is 23.8 Å². The molecule has 2 atom stereocenters. The first kappa shape index (κ1) is 19.0. The van der Waals surface area contributed by atoms with Gasteiger partial charge >= 0.3 is 5.97 Å². The Morgan fingerprint density at radius 3 is 2.63 bits per heavy atom. The highest BCUT2D eigenvalue weighted by Crippen LogP contribution is 2.45. The van der Waals surface area contributed by atoms with Crippen molar-refractivity contribution in [3.8, 4) is 11.5 Å². The van der Waals surface area contributed by atoms with E-state index in [1.165, 1.54) is 0 Å². The Kier molecular flexibility index (Phi) is 5.54. The number of carbonyl (C=O) groups is 2. The average molecular weight is 371 g/mol. The van der Waals surface area contributed by atoms with E-state index in [1.54, 1.807) is 27.2 Å². The van der Waals surface area contributed by atoms with E-state index in [-0.39, 0.29) is 18.4 Å². The Morgan fingerprint density at radius 2 is 1.96 bits per heavy atom. The molecule has 6 heteroatoms. The van der Waals surface area contributed by atoms with Crippen molar-refractivity contribution in [2.75, 3.05) is 20.8 Å². The first-order valence-electron chi connectivity index (χ1n) is 9.12. The number of rotatable bonds is 5. The molecule has 2 aliphatic rings. The van der Waals surface area contributed by atoms with Gasteiger partial charge in [-0.1, -0.05) is 12.6 Å². The molecular formula is C21H25NO5. The number of benzene rings is 1. The fourth-order valence-corrected chi connectivity index (χ4v) is 3.91. The van der Waals surface area contributed by atoms with Gasteiger partial charge < -0.3 is 19.5 Å². The number of methoxy groups -OCH3 is 2. The second-order valence-corrected chi connectivity index (χ2v) is 6.64. The summed E-state index contributed by atoms with van der Waals surface area (Å²) in [7, 11) is 3.12. The van der Waals surface area contributed by atoms with Crippen molar-refractivity contribution in [2.24, 2.45) is 5.92 Å². The fourth-order valence-electron chi connectivity index (χ4n) is 3.91. The summed E-state index contributed by atoms with van der Waals surface area (Å²) in [5.41, 5.74) is 2.87. The number of nitrogens with one attached hydrogen (secondary N) is 1. The van der Waals surface area contributed by atoms with Gasteiger partial charge in [-0.05, 0) is 37.5 Å². The highest BCUT2D eigenvalue weighted by atomic mass is 16.5. The van der Waals surface area contributed by atoms with E-state index in [0.29, 0.717) is 29.2 Å². The van der Waals surface area contributed by atoms with E-state index >= 15 is 0 Å². The third-order valence-electron chi connectivity index (χ3n) is 5.09. The molecule has 1 aliphatic carbocycles. The molecule has 2 unspecified atom stereocenters. The lowest BCUT2D eigenvalue weighted by Crippen LogP contribution is -2.41. The third kappa shape index (κ3) is 3.44. The summed E-state index contributed by atoms with van der Waals surface area (Å²) < 4.78 is 16.0. The predicted molar refractivity (Wildman–Crippen MR) is 101 cm³/mol. The molecule has 1 N–H and O–H groups in total. The predicted octanol–water partition coefficient (Wildman–Crippen LogP) is 3.09. The van der Waals surface area contributed by atoms with Crippen LogP contribution in [0.15, 0.2) is 41.7 Å². The fraction of sp³-hybridized carbons (Fsp3) is 0.429. The van der Waals surface area contributed by atoms with E-state index in [4.69, 9.17) is 14.2 Å². The van der Waals surface area contributed by atoms with Crippen LogP contribution >= 0.6 is 0 Å². The summed E-state index contributed by atoms with van der Waals surface area (Å²) in [6, 6.07) is 5.47. The summed E-state index contributed by atoms with van der Waals surface area (Å²) in [6.07, 6.45) is 2.03. The van der Waals surface area contributed by atoms with Crippen molar-refractivity contribution in [3.05, 3.63) is 47.3 Å². The molecule has 1 aromatic rings. The van der Waals surface area contributed by atoms with Crippen LogP contribution in [0.1, 0.15) is 37.7 Å². The number of Topliss-reactive ketones (excluding diaryl/α,β-unsaturated/α-hetero) is 1. The van der Waals surface area contributed by atoms with Crippen LogP contribution in [0.2, 0.25) is 0 Å². The molecular weight excluding hydrogens is 346 g/mol. The van der Waals surface area contributed by atoms with Crippen LogP contribution in [0, 0.1) is 5.92 Å². The maximum absolute atomic E-state index is 12.8. The number of hydrogen-bond donors (Lipinski definition) is 1. The van der Waals surface area contributed by atoms with Gasteiger partial charge in [-0.2, -0.15) is 0 Å². The molecule has 0 radical (unpaired) electrons. The third-order valence-corrected chi connectivity index (χ3v) is 5.09. The van der Waals surface area contributed by atoms with Crippen LogP contribution in [0.3, 0.4) is 0 Å². The van der Waals surface area contributed by atoms with Gasteiger partial charge in [-0.15, -0.1) is 0 Å². The normalized spacial score (nSPS) is 22.0. The van der Waals surface area contributed by atoms with Crippen molar-refractivity contribution in [3.63, 3.8) is 0 Å². The zero-order valence-electron chi connectivity index (χ0n) is 16.0. The maximum Gasteiger partial charge on any atom is 0.315 e. The highest BCUT2D eigenvalue weighted by Gasteiger charge is 2.44. The topological polar surface area (TPSA) is 73.9 Å². The number of allylic oxidation sites excluding steroid dienone is 2. The quantitative estimate of drug-likeness (QED) is 0.802. The first-order chi connectivity index (χ1) is 13.0. The number of hydrogen-bond acceptors (Lipinski definition) is 6. The molecule has 6 nitrogen and oxygen atoms in total. The largest absolute Gasteiger partial charge is 0.493 e. The summed E-state index contributed by atoms with van der Waals surface area (Å²) in [4.78, 5) is 25.5. The molecule has 1 aliphatic heterocycles. The van der Waals surface area contributed by atoms with Gasteiger partial charge in [0.1, 0.15) is 5.92 Å². The van der Waals surface area contributed by atoms with Gasteiger partial charge in [0.15, 0.2) is 17.3 Å². The smallest absolute Gasteiger partial charge is 0.315 e. The Morgan fingerprint density at radius 1 is 1.22 bits per heavy atom. The monoisotopic (exact) mass is 371 g/mol.